The second-order valence-electron chi connectivity index (χ2n) is 5.01. The summed E-state index contributed by atoms with van der Waals surface area (Å²) in [5.41, 5.74) is 0.00135. The Bertz CT molecular complexity index is 212. The minimum atomic E-state index is -4.10. The maximum absolute atomic E-state index is 12.2. The van der Waals surface area contributed by atoms with Crippen LogP contribution in [0.4, 0.5) is 13.2 Å². The molecule has 0 atom stereocenters. The predicted molar refractivity (Wildman–Crippen MR) is 62.9 cm³/mol. The van der Waals surface area contributed by atoms with Crippen molar-refractivity contribution in [2.75, 3.05) is 25.9 Å². The van der Waals surface area contributed by atoms with Crippen LogP contribution in [-0.2, 0) is 0 Å². The van der Waals surface area contributed by atoms with E-state index in [1.54, 1.807) is 7.05 Å². The fourth-order valence-corrected chi connectivity index (χ4v) is 3.02. The molecule has 1 aliphatic rings. The van der Waals surface area contributed by atoms with Crippen LogP contribution < -0.4 is 0 Å². The van der Waals surface area contributed by atoms with Crippen molar-refractivity contribution in [3.8, 4) is 0 Å². The quantitative estimate of drug-likeness (QED) is 0.754. The second kappa shape index (κ2) is 5.63. The molecule has 1 saturated carbocycles. The first-order valence-electron chi connectivity index (χ1n) is 5.73. The molecule has 0 radical (unpaired) electrons. The van der Waals surface area contributed by atoms with Gasteiger partial charge in [-0.3, -0.25) is 4.90 Å². The smallest absolute Gasteiger partial charge is 0.298 e. The number of hydrogen-bond acceptors (Lipinski definition) is 2. The van der Waals surface area contributed by atoms with Crippen LogP contribution in [0.3, 0.4) is 0 Å². The molecule has 1 rings (SSSR count). The maximum Gasteiger partial charge on any atom is 0.401 e. The first kappa shape index (κ1) is 14.2. The molecular formula is C11H20F3NS. The fraction of sp³-hybridized carbons (Fsp3) is 1.00. The van der Waals surface area contributed by atoms with Gasteiger partial charge in [0, 0.05) is 6.54 Å². The van der Waals surface area contributed by atoms with Crippen LogP contribution in [0.1, 0.15) is 32.1 Å². The SMILES string of the molecule is CN(CC(F)(F)F)CC1(CS)CCCCC1. The van der Waals surface area contributed by atoms with Gasteiger partial charge >= 0.3 is 6.18 Å². The number of alkyl halides is 3. The monoisotopic (exact) mass is 255 g/mol. The lowest BCUT2D eigenvalue weighted by Gasteiger charge is -2.39. The van der Waals surface area contributed by atoms with Crippen LogP contribution in [0, 0.1) is 5.41 Å². The van der Waals surface area contributed by atoms with E-state index in [9.17, 15) is 13.2 Å². The van der Waals surface area contributed by atoms with Crippen LogP contribution in [0.2, 0.25) is 0 Å². The molecular weight excluding hydrogens is 235 g/mol. The topological polar surface area (TPSA) is 3.24 Å². The van der Waals surface area contributed by atoms with E-state index in [1.165, 1.54) is 11.3 Å². The van der Waals surface area contributed by atoms with Gasteiger partial charge in [-0.2, -0.15) is 25.8 Å². The molecule has 1 nitrogen and oxygen atoms in total. The molecule has 5 heteroatoms. The molecule has 1 aliphatic carbocycles. The average molecular weight is 255 g/mol. The van der Waals surface area contributed by atoms with Crippen molar-refractivity contribution in [2.45, 2.75) is 38.3 Å². The Morgan fingerprint density at radius 1 is 1.19 bits per heavy atom. The molecule has 0 spiro atoms. The third-order valence-electron chi connectivity index (χ3n) is 3.30. The van der Waals surface area contributed by atoms with Gasteiger partial charge in [0.2, 0.25) is 0 Å². The largest absolute Gasteiger partial charge is 0.401 e. The summed E-state index contributed by atoms with van der Waals surface area (Å²) in [7, 11) is 1.55. The molecule has 16 heavy (non-hydrogen) atoms. The van der Waals surface area contributed by atoms with E-state index in [1.807, 2.05) is 0 Å². The van der Waals surface area contributed by atoms with Gasteiger partial charge in [0.25, 0.3) is 0 Å². The zero-order chi connectivity index (χ0) is 12.2. The summed E-state index contributed by atoms with van der Waals surface area (Å²) in [6.07, 6.45) is 1.39. The lowest BCUT2D eigenvalue weighted by Crippen LogP contribution is -2.42. The molecule has 0 aromatic heterocycles. The molecule has 0 N–H and O–H groups in total. The van der Waals surface area contributed by atoms with Crippen LogP contribution in [-0.4, -0.2) is 37.0 Å². The van der Waals surface area contributed by atoms with Crippen LogP contribution in [0.5, 0.6) is 0 Å². The zero-order valence-corrected chi connectivity index (χ0v) is 10.6. The van der Waals surface area contributed by atoms with E-state index in [-0.39, 0.29) is 5.41 Å². The molecule has 0 amide bonds. The van der Waals surface area contributed by atoms with Gasteiger partial charge in [0.05, 0.1) is 6.54 Å². The molecule has 0 aliphatic heterocycles. The standard InChI is InChI=1S/C11H20F3NS/c1-15(8-11(12,13)14)7-10(9-16)5-3-2-4-6-10/h16H,2-9H2,1H3. The van der Waals surface area contributed by atoms with Gasteiger partial charge in [-0.25, -0.2) is 0 Å². The molecule has 0 unspecified atom stereocenters. The molecule has 0 bridgehead atoms. The molecule has 0 saturated heterocycles. The van der Waals surface area contributed by atoms with Crippen molar-refractivity contribution in [1.29, 1.82) is 0 Å². The Morgan fingerprint density at radius 2 is 1.75 bits per heavy atom. The summed E-state index contributed by atoms with van der Waals surface area (Å²) >= 11 is 4.33. The fourth-order valence-electron chi connectivity index (χ4n) is 2.60. The molecule has 0 aromatic rings. The Kier molecular flexibility index (Phi) is 4.98. The van der Waals surface area contributed by atoms with Crippen molar-refractivity contribution in [3.63, 3.8) is 0 Å². The second-order valence-corrected chi connectivity index (χ2v) is 5.32. The summed E-state index contributed by atoms with van der Waals surface area (Å²) in [6, 6.07) is 0. The Morgan fingerprint density at radius 3 is 2.19 bits per heavy atom. The Labute approximate surface area is 101 Å². The number of thiol groups is 1. The summed E-state index contributed by atoms with van der Waals surface area (Å²) in [5, 5.41) is 0. The van der Waals surface area contributed by atoms with Crippen LogP contribution in [0.25, 0.3) is 0 Å². The summed E-state index contributed by atoms with van der Waals surface area (Å²) in [5.74, 6) is 0.690. The van der Waals surface area contributed by atoms with Crippen molar-refractivity contribution in [2.24, 2.45) is 5.41 Å². The van der Waals surface area contributed by atoms with E-state index < -0.39 is 12.7 Å². The van der Waals surface area contributed by atoms with Gasteiger partial charge in [0.15, 0.2) is 0 Å². The highest BCUT2D eigenvalue weighted by atomic mass is 32.1. The van der Waals surface area contributed by atoms with Crippen LogP contribution in [0.15, 0.2) is 0 Å². The number of hydrogen-bond donors (Lipinski definition) is 1. The Hall–Kier alpha value is 0.100. The number of rotatable bonds is 4. The van der Waals surface area contributed by atoms with E-state index in [0.717, 1.165) is 25.7 Å². The van der Waals surface area contributed by atoms with Crippen molar-refractivity contribution in [3.05, 3.63) is 0 Å². The van der Waals surface area contributed by atoms with Crippen molar-refractivity contribution >= 4 is 12.6 Å². The number of halogens is 3. The number of nitrogens with zero attached hydrogens (tertiary/aromatic N) is 1. The summed E-state index contributed by atoms with van der Waals surface area (Å²) in [4.78, 5) is 1.39. The van der Waals surface area contributed by atoms with Crippen molar-refractivity contribution in [1.82, 2.24) is 4.90 Å². The van der Waals surface area contributed by atoms with E-state index in [4.69, 9.17) is 0 Å². The minimum absolute atomic E-state index is 0.00135. The molecule has 96 valence electrons. The Balaban J connectivity index is 2.48. The first-order chi connectivity index (χ1) is 7.37. The van der Waals surface area contributed by atoms with E-state index >= 15 is 0 Å². The molecule has 0 heterocycles. The lowest BCUT2D eigenvalue weighted by atomic mass is 9.75. The van der Waals surface area contributed by atoms with Crippen molar-refractivity contribution < 1.29 is 13.2 Å². The minimum Gasteiger partial charge on any atom is -0.298 e. The average Bonchev–Trinajstić information content (AvgIpc) is 2.16. The maximum atomic E-state index is 12.2. The predicted octanol–water partition coefficient (Wildman–Crippen LogP) is 3.36. The molecule has 0 aromatic carbocycles. The summed E-state index contributed by atoms with van der Waals surface area (Å²) in [6.45, 7) is -0.307. The van der Waals surface area contributed by atoms with E-state index in [2.05, 4.69) is 12.6 Å². The normalized spacial score (nSPS) is 21.4. The summed E-state index contributed by atoms with van der Waals surface area (Å²) < 4.78 is 36.7. The lowest BCUT2D eigenvalue weighted by molar-refractivity contribution is -0.146. The van der Waals surface area contributed by atoms with Crippen LogP contribution >= 0.6 is 12.6 Å². The van der Waals surface area contributed by atoms with Gasteiger partial charge in [-0.1, -0.05) is 19.3 Å². The van der Waals surface area contributed by atoms with Gasteiger partial charge in [-0.05, 0) is 31.1 Å². The first-order valence-corrected chi connectivity index (χ1v) is 6.36. The van der Waals surface area contributed by atoms with Gasteiger partial charge in [0.1, 0.15) is 0 Å². The highest BCUT2D eigenvalue weighted by molar-refractivity contribution is 7.80. The van der Waals surface area contributed by atoms with Gasteiger partial charge < -0.3 is 0 Å². The highest BCUT2D eigenvalue weighted by Gasteiger charge is 2.35. The van der Waals surface area contributed by atoms with Gasteiger partial charge in [-0.15, -0.1) is 0 Å². The third-order valence-corrected chi connectivity index (χ3v) is 3.97. The highest BCUT2D eigenvalue weighted by Crippen LogP contribution is 2.38. The zero-order valence-electron chi connectivity index (χ0n) is 9.69. The molecule has 1 fully saturated rings. The third kappa shape index (κ3) is 4.53. The van der Waals surface area contributed by atoms with E-state index in [0.29, 0.717) is 12.3 Å².